The molecule has 3 rings (SSSR count). The molecule has 0 radical (unpaired) electrons. The Balaban J connectivity index is 1.79. The van der Waals surface area contributed by atoms with E-state index in [0.717, 1.165) is 11.1 Å². The van der Waals surface area contributed by atoms with Crippen LogP contribution in [0.15, 0.2) is 52.5 Å². The second-order valence-electron chi connectivity index (χ2n) is 5.46. The number of fused-ring (bicyclic) bond motifs is 1. The fourth-order valence-corrected chi connectivity index (χ4v) is 3.09. The van der Waals surface area contributed by atoms with E-state index < -0.39 is 10.0 Å². The van der Waals surface area contributed by atoms with Crippen molar-refractivity contribution in [1.82, 2.24) is 4.83 Å². The fourth-order valence-electron chi connectivity index (χ4n) is 2.23. The number of ether oxygens (including phenoxy) is 2. The van der Waals surface area contributed by atoms with Gasteiger partial charge in [-0.3, -0.25) is 0 Å². The van der Waals surface area contributed by atoms with Crippen molar-refractivity contribution in [3.05, 3.63) is 53.6 Å². The molecule has 2 aromatic carbocycles. The lowest BCUT2D eigenvalue weighted by Gasteiger charge is -2.18. The summed E-state index contributed by atoms with van der Waals surface area (Å²) >= 11 is 0. The molecule has 1 aliphatic rings. The number of aryl methyl sites for hydroxylation is 1. The van der Waals surface area contributed by atoms with E-state index in [0.29, 0.717) is 30.4 Å². The third kappa shape index (κ3) is 3.51. The van der Waals surface area contributed by atoms with Crippen molar-refractivity contribution < 1.29 is 17.9 Å². The third-order valence-corrected chi connectivity index (χ3v) is 4.85. The molecular weight excluding hydrogens is 328 g/mol. The standard InChI is InChI=1S/C17H18N2O4S/c1-12-3-6-15(7-4-12)24(20,21)19-18-13(2)14-5-8-16-17(11-14)23-10-9-22-16/h3-8,11,19H,9-10H2,1-2H3/b18-13+. The van der Waals surface area contributed by atoms with Crippen molar-refractivity contribution in [3.63, 3.8) is 0 Å². The van der Waals surface area contributed by atoms with Gasteiger partial charge in [0.2, 0.25) is 0 Å². The predicted octanol–water partition coefficient (Wildman–Crippen LogP) is 2.47. The number of hydrogen-bond acceptors (Lipinski definition) is 5. The van der Waals surface area contributed by atoms with Crippen LogP contribution in [0.1, 0.15) is 18.1 Å². The Morgan fingerprint density at radius 1 is 1.04 bits per heavy atom. The van der Waals surface area contributed by atoms with Crippen molar-refractivity contribution in [1.29, 1.82) is 0 Å². The Hall–Kier alpha value is -2.54. The molecule has 7 heteroatoms. The Bertz CT molecular complexity index is 874. The molecule has 0 bridgehead atoms. The van der Waals surface area contributed by atoms with E-state index in [1.165, 1.54) is 0 Å². The summed E-state index contributed by atoms with van der Waals surface area (Å²) in [6, 6.07) is 12.0. The lowest BCUT2D eigenvalue weighted by atomic mass is 10.1. The van der Waals surface area contributed by atoms with Crippen LogP contribution in [0, 0.1) is 6.92 Å². The van der Waals surface area contributed by atoms with Crippen LogP contribution in [-0.2, 0) is 10.0 Å². The first-order valence-electron chi connectivity index (χ1n) is 7.48. The lowest BCUT2D eigenvalue weighted by Crippen LogP contribution is -2.20. The molecule has 0 atom stereocenters. The molecule has 1 aliphatic heterocycles. The summed E-state index contributed by atoms with van der Waals surface area (Å²) in [6.45, 7) is 4.64. The van der Waals surface area contributed by atoms with Crippen LogP contribution >= 0.6 is 0 Å². The minimum Gasteiger partial charge on any atom is -0.486 e. The molecule has 1 N–H and O–H groups in total. The van der Waals surface area contributed by atoms with Gasteiger partial charge in [0.1, 0.15) is 13.2 Å². The van der Waals surface area contributed by atoms with E-state index in [1.807, 2.05) is 13.0 Å². The summed E-state index contributed by atoms with van der Waals surface area (Å²) in [5.74, 6) is 1.31. The highest BCUT2D eigenvalue weighted by Gasteiger charge is 2.15. The molecule has 0 aliphatic carbocycles. The van der Waals surface area contributed by atoms with Crippen molar-refractivity contribution in [3.8, 4) is 11.5 Å². The molecule has 0 amide bonds. The molecule has 6 nitrogen and oxygen atoms in total. The quantitative estimate of drug-likeness (QED) is 0.681. The maximum atomic E-state index is 12.2. The molecule has 126 valence electrons. The number of sulfonamides is 1. The van der Waals surface area contributed by atoms with E-state index >= 15 is 0 Å². The van der Waals surface area contributed by atoms with Gasteiger partial charge in [-0.25, -0.2) is 0 Å². The molecule has 0 spiro atoms. The van der Waals surface area contributed by atoms with Crippen LogP contribution in [0.25, 0.3) is 0 Å². The SMILES string of the molecule is C/C(=N\NS(=O)(=O)c1ccc(C)cc1)c1ccc2c(c1)OCCO2. The highest BCUT2D eigenvalue weighted by Crippen LogP contribution is 2.30. The van der Waals surface area contributed by atoms with Crippen LogP contribution in [-0.4, -0.2) is 27.3 Å². The highest BCUT2D eigenvalue weighted by atomic mass is 32.2. The van der Waals surface area contributed by atoms with Crippen LogP contribution < -0.4 is 14.3 Å². The topological polar surface area (TPSA) is 77.0 Å². The zero-order valence-corrected chi connectivity index (χ0v) is 14.3. The molecule has 2 aromatic rings. The fraction of sp³-hybridized carbons (Fsp3) is 0.235. The summed E-state index contributed by atoms with van der Waals surface area (Å²) in [4.78, 5) is 2.43. The zero-order valence-electron chi connectivity index (χ0n) is 13.4. The first-order chi connectivity index (χ1) is 11.5. The van der Waals surface area contributed by atoms with Gasteiger partial charge in [0.25, 0.3) is 10.0 Å². The summed E-state index contributed by atoms with van der Waals surface area (Å²) in [5, 5.41) is 4.00. The molecule has 0 saturated carbocycles. The number of nitrogens with zero attached hydrogens (tertiary/aromatic N) is 1. The van der Waals surface area contributed by atoms with Gasteiger partial charge in [-0.05, 0) is 44.2 Å². The molecular formula is C17H18N2O4S. The summed E-state index contributed by atoms with van der Waals surface area (Å²) < 4.78 is 35.5. The second-order valence-corrected chi connectivity index (χ2v) is 7.12. The summed E-state index contributed by atoms with van der Waals surface area (Å²) in [7, 11) is -3.69. The van der Waals surface area contributed by atoms with Gasteiger partial charge >= 0.3 is 0 Å². The Morgan fingerprint density at radius 3 is 2.42 bits per heavy atom. The Morgan fingerprint density at radius 2 is 1.71 bits per heavy atom. The molecule has 0 saturated heterocycles. The smallest absolute Gasteiger partial charge is 0.276 e. The Kier molecular flexibility index (Phi) is 4.44. The maximum Gasteiger partial charge on any atom is 0.276 e. The van der Waals surface area contributed by atoms with Gasteiger partial charge < -0.3 is 9.47 Å². The molecule has 24 heavy (non-hydrogen) atoms. The van der Waals surface area contributed by atoms with Crippen molar-refractivity contribution in [2.75, 3.05) is 13.2 Å². The molecule has 0 aromatic heterocycles. The highest BCUT2D eigenvalue weighted by molar-refractivity contribution is 7.89. The monoisotopic (exact) mass is 346 g/mol. The van der Waals surface area contributed by atoms with Crippen LogP contribution in [0.5, 0.6) is 11.5 Å². The van der Waals surface area contributed by atoms with E-state index in [4.69, 9.17) is 9.47 Å². The minimum atomic E-state index is -3.69. The number of hydrazone groups is 1. The zero-order chi connectivity index (χ0) is 17.2. The number of rotatable bonds is 4. The van der Waals surface area contributed by atoms with Gasteiger partial charge in [-0.15, -0.1) is 0 Å². The average Bonchev–Trinajstić information content (AvgIpc) is 2.59. The van der Waals surface area contributed by atoms with Crippen LogP contribution in [0.4, 0.5) is 0 Å². The van der Waals surface area contributed by atoms with Crippen molar-refractivity contribution in [2.45, 2.75) is 18.7 Å². The van der Waals surface area contributed by atoms with Crippen LogP contribution in [0.2, 0.25) is 0 Å². The van der Waals surface area contributed by atoms with Gasteiger partial charge in [-0.1, -0.05) is 17.7 Å². The molecule has 0 fully saturated rings. The van der Waals surface area contributed by atoms with E-state index in [-0.39, 0.29) is 4.90 Å². The third-order valence-electron chi connectivity index (χ3n) is 3.62. The van der Waals surface area contributed by atoms with Crippen LogP contribution in [0.3, 0.4) is 0 Å². The largest absolute Gasteiger partial charge is 0.486 e. The summed E-state index contributed by atoms with van der Waals surface area (Å²) in [6.07, 6.45) is 0. The minimum absolute atomic E-state index is 0.173. The van der Waals surface area contributed by atoms with Gasteiger partial charge in [0, 0.05) is 5.56 Å². The lowest BCUT2D eigenvalue weighted by molar-refractivity contribution is 0.171. The molecule has 1 heterocycles. The van der Waals surface area contributed by atoms with E-state index in [1.54, 1.807) is 43.3 Å². The Labute approximate surface area is 141 Å². The maximum absolute atomic E-state index is 12.2. The first kappa shape index (κ1) is 16.3. The second kappa shape index (κ2) is 6.52. The van der Waals surface area contributed by atoms with Gasteiger partial charge in [0.15, 0.2) is 11.5 Å². The predicted molar refractivity (Wildman–Crippen MR) is 91.1 cm³/mol. The normalized spacial score (nSPS) is 14.3. The van der Waals surface area contributed by atoms with E-state index in [2.05, 4.69) is 9.93 Å². The van der Waals surface area contributed by atoms with E-state index in [9.17, 15) is 8.42 Å². The molecule has 0 unspecified atom stereocenters. The number of nitrogens with one attached hydrogen (secondary N) is 1. The summed E-state index contributed by atoms with van der Waals surface area (Å²) in [5.41, 5.74) is 2.28. The number of hydrogen-bond donors (Lipinski definition) is 1. The first-order valence-corrected chi connectivity index (χ1v) is 8.97. The van der Waals surface area contributed by atoms with Gasteiger partial charge in [-0.2, -0.15) is 18.4 Å². The van der Waals surface area contributed by atoms with Crippen molar-refractivity contribution in [2.24, 2.45) is 5.10 Å². The van der Waals surface area contributed by atoms with Gasteiger partial charge in [0.05, 0.1) is 10.6 Å². The number of benzene rings is 2. The average molecular weight is 346 g/mol. The van der Waals surface area contributed by atoms with Crippen molar-refractivity contribution >= 4 is 15.7 Å².